The van der Waals surface area contributed by atoms with Crippen molar-refractivity contribution in [3.63, 3.8) is 0 Å². The van der Waals surface area contributed by atoms with E-state index in [2.05, 4.69) is 5.32 Å². The smallest absolute Gasteiger partial charge is 0.404 e. The molecule has 182 valence electrons. The standard InChI is InChI=1S/C20H27N3O6.C2H4O2/c1-3-5-11-28-13-15(29-18(21)26)12-23-17(25)20(4-2,16(24)22-19(23)27)14-9-7-6-8-10-14;1-2(3)4/h6-10,15H,3-5,11-13H2,1-2H3,(H2,21,26)(H,22,24,27);1H3,(H,3,4). The van der Waals surface area contributed by atoms with Crippen LogP contribution in [0.2, 0.25) is 0 Å². The normalized spacial score (nSPS) is 18.6. The van der Waals surface area contributed by atoms with E-state index >= 15 is 0 Å². The highest BCUT2D eigenvalue weighted by atomic mass is 16.6. The van der Waals surface area contributed by atoms with E-state index in [1.54, 1.807) is 37.3 Å². The first kappa shape index (κ1) is 27.6. The summed E-state index contributed by atoms with van der Waals surface area (Å²) in [5.74, 6) is -2.18. The number of imide groups is 2. The molecule has 2 unspecified atom stereocenters. The molecule has 11 nitrogen and oxygen atoms in total. The number of urea groups is 1. The molecule has 0 aromatic heterocycles. The van der Waals surface area contributed by atoms with E-state index < -0.39 is 41.4 Å². The second-order valence-corrected chi connectivity index (χ2v) is 7.31. The van der Waals surface area contributed by atoms with Crippen molar-refractivity contribution in [2.75, 3.05) is 19.8 Å². The van der Waals surface area contributed by atoms with Gasteiger partial charge in [0.15, 0.2) is 5.41 Å². The van der Waals surface area contributed by atoms with Crippen LogP contribution in [0.15, 0.2) is 30.3 Å². The number of primary amides is 1. The van der Waals surface area contributed by atoms with Crippen LogP contribution in [0, 0.1) is 0 Å². The molecular formula is C22H31N3O8. The van der Waals surface area contributed by atoms with Gasteiger partial charge >= 0.3 is 12.1 Å². The number of hydrogen-bond acceptors (Lipinski definition) is 7. The van der Waals surface area contributed by atoms with Crippen LogP contribution >= 0.6 is 0 Å². The number of rotatable bonds is 10. The third-order valence-electron chi connectivity index (χ3n) is 4.88. The Balaban J connectivity index is 0.00000125. The third-order valence-corrected chi connectivity index (χ3v) is 4.88. The van der Waals surface area contributed by atoms with Crippen molar-refractivity contribution in [2.45, 2.75) is 51.6 Å². The molecule has 1 aromatic rings. The average molecular weight is 466 g/mol. The first-order valence-electron chi connectivity index (χ1n) is 10.6. The van der Waals surface area contributed by atoms with E-state index in [4.69, 9.17) is 25.1 Å². The number of ether oxygens (including phenoxy) is 2. The molecule has 0 aliphatic carbocycles. The van der Waals surface area contributed by atoms with E-state index in [1.165, 1.54) is 0 Å². The van der Waals surface area contributed by atoms with E-state index in [0.29, 0.717) is 12.2 Å². The minimum Gasteiger partial charge on any atom is -0.481 e. The van der Waals surface area contributed by atoms with Gasteiger partial charge in [0, 0.05) is 13.5 Å². The first-order valence-corrected chi connectivity index (χ1v) is 10.6. The summed E-state index contributed by atoms with van der Waals surface area (Å²) in [4.78, 5) is 59.6. The number of unbranched alkanes of at least 4 members (excludes halogenated alkanes) is 1. The van der Waals surface area contributed by atoms with Crippen molar-refractivity contribution < 1.29 is 38.6 Å². The van der Waals surface area contributed by atoms with Crippen molar-refractivity contribution in [1.29, 1.82) is 0 Å². The molecule has 1 aliphatic heterocycles. The van der Waals surface area contributed by atoms with Gasteiger partial charge in [-0.15, -0.1) is 0 Å². The number of carboxylic acid groups (broad SMARTS) is 1. The van der Waals surface area contributed by atoms with Gasteiger partial charge in [-0.25, -0.2) is 9.59 Å². The number of carbonyl (C=O) groups is 5. The van der Waals surface area contributed by atoms with Gasteiger partial charge in [-0.05, 0) is 18.4 Å². The molecule has 1 aromatic carbocycles. The Morgan fingerprint density at radius 1 is 1.18 bits per heavy atom. The molecular weight excluding hydrogens is 434 g/mol. The molecule has 11 heteroatoms. The molecule has 0 radical (unpaired) electrons. The number of nitrogens with zero attached hydrogens (tertiary/aromatic N) is 1. The summed E-state index contributed by atoms with van der Waals surface area (Å²) in [6, 6.07) is 7.67. The van der Waals surface area contributed by atoms with Gasteiger partial charge in [0.25, 0.3) is 11.9 Å². The number of nitrogens with two attached hydrogens (primary N) is 1. The van der Waals surface area contributed by atoms with Crippen LogP contribution in [-0.4, -0.2) is 65.8 Å². The number of amides is 5. The van der Waals surface area contributed by atoms with Crippen molar-refractivity contribution in [3.05, 3.63) is 35.9 Å². The van der Waals surface area contributed by atoms with Gasteiger partial charge in [-0.2, -0.15) is 0 Å². The van der Waals surface area contributed by atoms with Crippen LogP contribution in [0.1, 0.15) is 45.6 Å². The molecule has 0 bridgehead atoms. The summed E-state index contributed by atoms with van der Waals surface area (Å²) in [6.07, 6.45) is -0.0994. The molecule has 33 heavy (non-hydrogen) atoms. The molecule has 0 saturated carbocycles. The fraction of sp³-hybridized carbons (Fsp3) is 0.500. The Kier molecular flexibility index (Phi) is 11.0. The minimum absolute atomic E-state index is 0.0294. The highest BCUT2D eigenvalue weighted by molar-refractivity contribution is 6.22. The number of hydrogen-bond donors (Lipinski definition) is 3. The maximum absolute atomic E-state index is 13.3. The number of aliphatic carboxylic acids is 1. The highest BCUT2D eigenvalue weighted by Crippen LogP contribution is 2.33. The largest absolute Gasteiger partial charge is 0.481 e. The van der Waals surface area contributed by atoms with E-state index in [-0.39, 0.29) is 19.6 Å². The third kappa shape index (κ3) is 7.56. The van der Waals surface area contributed by atoms with E-state index in [1.807, 2.05) is 6.92 Å². The number of benzene rings is 1. The Hall–Kier alpha value is -3.47. The molecule has 1 aliphatic rings. The number of carbonyl (C=O) groups excluding carboxylic acids is 4. The monoisotopic (exact) mass is 465 g/mol. The lowest BCUT2D eigenvalue weighted by Gasteiger charge is -2.39. The second kappa shape index (κ2) is 13.2. The van der Waals surface area contributed by atoms with Gasteiger partial charge in [0.05, 0.1) is 13.2 Å². The van der Waals surface area contributed by atoms with E-state index in [0.717, 1.165) is 24.7 Å². The van der Waals surface area contributed by atoms with Crippen LogP contribution in [-0.2, 0) is 29.3 Å². The first-order chi connectivity index (χ1) is 15.6. The van der Waals surface area contributed by atoms with Gasteiger partial charge in [-0.3, -0.25) is 24.6 Å². The predicted molar refractivity (Wildman–Crippen MR) is 117 cm³/mol. The zero-order valence-electron chi connectivity index (χ0n) is 19.0. The highest BCUT2D eigenvalue weighted by Gasteiger charge is 2.54. The average Bonchev–Trinajstić information content (AvgIpc) is 2.74. The van der Waals surface area contributed by atoms with Crippen LogP contribution in [0.5, 0.6) is 0 Å². The molecule has 4 N–H and O–H groups in total. The summed E-state index contributed by atoms with van der Waals surface area (Å²) in [7, 11) is 0. The van der Waals surface area contributed by atoms with Gasteiger partial charge in [0.1, 0.15) is 6.10 Å². The summed E-state index contributed by atoms with van der Waals surface area (Å²) in [6.45, 7) is 4.92. The minimum atomic E-state index is -1.55. The quantitative estimate of drug-likeness (QED) is 0.347. The lowest BCUT2D eigenvalue weighted by Crippen LogP contribution is -2.67. The fourth-order valence-corrected chi connectivity index (χ4v) is 3.30. The molecule has 5 amide bonds. The molecule has 1 saturated heterocycles. The maximum Gasteiger partial charge on any atom is 0.404 e. The van der Waals surface area contributed by atoms with Crippen molar-refractivity contribution in [1.82, 2.24) is 10.2 Å². The van der Waals surface area contributed by atoms with Crippen LogP contribution in [0.4, 0.5) is 9.59 Å². The summed E-state index contributed by atoms with van der Waals surface area (Å²) >= 11 is 0. The number of carboxylic acids is 1. The predicted octanol–water partition coefficient (Wildman–Crippen LogP) is 1.78. The van der Waals surface area contributed by atoms with Crippen molar-refractivity contribution in [2.24, 2.45) is 5.73 Å². The Morgan fingerprint density at radius 2 is 1.79 bits per heavy atom. The zero-order chi connectivity index (χ0) is 25.0. The summed E-state index contributed by atoms with van der Waals surface area (Å²) in [5.41, 5.74) is 4.05. The number of barbiturate groups is 1. The van der Waals surface area contributed by atoms with Crippen molar-refractivity contribution >= 4 is 29.9 Å². The Bertz CT molecular complexity index is 841. The van der Waals surface area contributed by atoms with Crippen LogP contribution < -0.4 is 11.1 Å². The Morgan fingerprint density at radius 3 is 2.30 bits per heavy atom. The number of nitrogens with one attached hydrogen (secondary N) is 1. The van der Waals surface area contributed by atoms with Gasteiger partial charge in [-0.1, -0.05) is 50.6 Å². The lowest BCUT2D eigenvalue weighted by molar-refractivity contribution is -0.147. The SMILES string of the molecule is CC(=O)O.CCCCOCC(CN1C(=O)NC(=O)C(CC)(c2ccccc2)C1=O)OC(N)=O. The fourth-order valence-electron chi connectivity index (χ4n) is 3.30. The molecule has 1 fully saturated rings. The topological polar surface area (TPSA) is 165 Å². The van der Waals surface area contributed by atoms with Crippen molar-refractivity contribution in [3.8, 4) is 0 Å². The summed E-state index contributed by atoms with van der Waals surface area (Å²) in [5, 5.41) is 9.67. The molecule has 2 atom stereocenters. The molecule has 0 spiro atoms. The molecule has 2 rings (SSSR count). The lowest BCUT2D eigenvalue weighted by atomic mass is 9.74. The van der Waals surface area contributed by atoms with Gasteiger partial charge < -0.3 is 20.3 Å². The maximum atomic E-state index is 13.3. The van der Waals surface area contributed by atoms with Crippen LogP contribution in [0.3, 0.4) is 0 Å². The summed E-state index contributed by atoms with van der Waals surface area (Å²) < 4.78 is 10.5. The van der Waals surface area contributed by atoms with Gasteiger partial charge in [0.2, 0.25) is 5.91 Å². The second-order valence-electron chi connectivity index (χ2n) is 7.31. The Labute approximate surface area is 192 Å². The van der Waals surface area contributed by atoms with E-state index in [9.17, 15) is 19.2 Å². The van der Waals surface area contributed by atoms with Crippen LogP contribution in [0.25, 0.3) is 0 Å². The molecule has 1 heterocycles. The zero-order valence-corrected chi connectivity index (χ0v) is 19.0.